The minimum absolute atomic E-state index is 0.0829. The van der Waals surface area contributed by atoms with Crippen molar-refractivity contribution in [3.63, 3.8) is 0 Å². The number of non-ortho nitro benzene ring substituents is 1. The van der Waals surface area contributed by atoms with Crippen LogP contribution in [-0.4, -0.2) is 17.9 Å². The smallest absolute Gasteiger partial charge is 0.270 e. The van der Waals surface area contributed by atoms with Crippen molar-refractivity contribution in [1.82, 2.24) is 5.32 Å². The highest BCUT2D eigenvalue weighted by atomic mass is 35.5. The fourth-order valence-corrected chi connectivity index (χ4v) is 2.78. The van der Waals surface area contributed by atoms with Crippen LogP contribution in [0.3, 0.4) is 0 Å². The van der Waals surface area contributed by atoms with Crippen LogP contribution in [0.1, 0.15) is 40.9 Å². The van der Waals surface area contributed by atoms with Crippen LogP contribution in [0.5, 0.6) is 5.75 Å². The minimum atomic E-state index is -0.558. The molecule has 7 heteroatoms. The number of ether oxygens (including phenoxy) is 1. The first-order chi connectivity index (χ1) is 11.9. The lowest BCUT2D eigenvalue weighted by molar-refractivity contribution is -0.384. The zero-order chi connectivity index (χ0) is 18.6. The molecule has 0 heterocycles. The number of hydrogen-bond acceptors (Lipinski definition) is 4. The van der Waals surface area contributed by atoms with Crippen molar-refractivity contribution in [2.75, 3.05) is 7.11 Å². The Morgan fingerprint density at radius 3 is 2.60 bits per heavy atom. The lowest BCUT2D eigenvalue weighted by atomic mass is 10.0. The molecule has 2 rings (SSSR count). The number of rotatable bonds is 6. The Labute approximate surface area is 150 Å². The second-order valence-electron chi connectivity index (χ2n) is 5.58. The first kappa shape index (κ1) is 18.7. The standard InChI is InChI=1S/C18H19ClN2O4/c1-4-16(12-5-8-17(25-3)11(2)9-12)20-18(22)14-10-13(21(23)24)6-7-15(14)19/h5-10,16H,4H2,1-3H3,(H,20,22)/t16-/m0/s1. The molecule has 0 radical (unpaired) electrons. The lowest BCUT2D eigenvalue weighted by Crippen LogP contribution is -2.28. The van der Waals surface area contributed by atoms with Crippen molar-refractivity contribution in [2.45, 2.75) is 26.3 Å². The first-order valence-corrected chi connectivity index (χ1v) is 8.14. The first-order valence-electron chi connectivity index (χ1n) is 7.76. The third kappa shape index (κ3) is 4.28. The third-order valence-electron chi connectivity index (χ3n) is 3.94. The fraction of sp³-hybridized carbons (Fsp3) is 0.278. The van der Waals surface area contributed by atoms with E-state index in [1.165, 1.54) is 18.2 Å². The Hall–Kier alpha value is -2.60. The molecule has 0 saturated heterocycles. The van der Waals surface area contributed by atoms with Gasteiger partial charge in [-0.3, -0.25) is 14.9 Å². The maximum absolute atomic E-state index is 12.5. The number of nitro groups is 1. The predicted octanol–water partition coefficient (Wildman–Crippen LogP) is 4.45. The van der Waals surface area contributed by atoms with Crippen LogP contribution < -0.4 is 10.1 Å². The van der Waals surface area contributed by atoms with E-state index in [2.05, 4.69) is 5.32 Å². The molecule has 132 valence electrons. The minimum Gasteiger partial charge on any atom is -0.496 e. The van der Waals surface area contributed by atoms with Gasteiger partial charge in [-0.05, 0) is 36.6 Å². The van der Waals surface area contributed by atoms with Crippen molar-refractivity contribution in [2.24, 2.45) is 0 Å². The van der Waals surface area contributed by atoms with E-state index in [0.717, 1.165) is 16.9 Å². The third-order valence-corrected chi connectivity index (χ3v) is 4.27. The molecule has 6 nitrogen and oxygen atoms in total. The molecule has 1 amide bonds. The number of carbonyl (C=O) groups is 1. The van der Waals surface area contributed by atoms with Crippen molar-refractivity contribution >= 4 is 23.2 Å². The SMILES string of the molecule is CC[C@H](NC(=O)c1cc([N+](=O)[O-])ccc1Cl)c1ccc(OC)c(C)c1. The van der Waals surface area contributed by atoms with Gasteiger partial charge in [-0.2, -0.15) is 0 Å². The highest BCUT2D eigenvalue weighted by Crippen LogP contribution is 2.26. The molecule has 0 aromatic heterocycles. The van der Waals surface area contributed by atoms with E-state index in [-0.39, 0.29) is 22.3 Å². The summed E-state index contributed by atoms with van der Waals surface area (Å²) >= 11 is 6.03. The van der Waals surface area contributed by atoms with Gasteiger partial charge in [0, 0.05) is 12.1 Å². The molecule has 0 bridgehead atoms. The Kier molecular flexibility index (Phi) is 5.98. The van der Waals surface area contributed by atoms with Gasteiger partial charge in [0.15, 0.2) is 0 Å². The molecular weight excluding hydrogens is 344 g/mol. The summed E-state index contributed by atoms with van der Waals surface area (Å²) in [6, 6.07) is 9.24. The van der Waals surface area contributed by atoms with Gasteiger partial charge in [0.1, 0.15) is 5.75 Å². The molecule has 25 heavy (non-hydrogen) atoms. The predicted molar refractivity (Wildman–Crippen MR) is 96.3 cm³/mol. The van der Waals surface area contributed by atoms with Gasteiger partial charge in [-0.1, -0.05) is 30.7 Å². The van der Waals surface area contributed by atoms with Crippen LogP contribution >= 0.6 is 11.6 Å². The topological polar surface area (TPSA) is 81.5 Å². The molecule has 0 aliphatic rings. The summed E-state index contributed by atoms with van der Waals surface area (Å²) < 4.78 is 5.25. The van der Waals surface area contributed by atoms with Gasteiger partial charge in [0.2, 0.25) is 0 Å². The molecule has 1 atom stereocenters. The molecule has 2 aromatic carbocycles. The van der Waals surface area contributed by atoms with Crippen LogP contribution in [0.15, 0.2) is 36.4 Å². The molecule has 0 aliphatic heterocycles. The Bertz CT molecular complexity index is 808. The monoisotopic (exact) mass is 362 g/mol. The second kappa shape index (κ2) is 7.98. The van der Waals surface area contributed by atoms with E-state index in [4.69, 9.17) is 16.3 Å². The number of nitro benzene ring substituents is 1. The zero-order valence-corrected chi connectivity index (χ0v) is 15.0. The van der Waals surface area contributed by atoms with Gasteiger partial charge in [0.05, 0.1) is 28.7 Å². The normalized spacial score (nSPS) is 11.7. The largest absolute Gasteiger partial charge is 0.496 e. The molecule has 1 N–H and O–H groups in total. The lowest BCUT2D eigenvalue weighted by Gasteiger charge is -2.19. The van der Waals surface area contributed by atoms with E-state index in [1.54, 1.807) is 7.11 Å². The van der Waals surface area contributed by atoms with Gasteiger partial charge in [0.25, 0.3) is 11.6 Å². The summed E-state index contributed by atoms with van der Waals surface area (Å²) in [6.45, 7) is 3.87. The average molecular weight is 363 g/mol. The second-order valence-corrected chi connectivity index (χ2v) is 5.99. The van der Waals surface area contributed by atoms with Crippen molar-refractivity contribution < 1.29 is 14.5 Å². The van der Waals surface area contributed by atoms with Crippen LogP contribution in [0.2, 0.25) is 5.02 Å². The van der Waals surface area contributed by atoms with Gasteiger partial charge >= 0.3 is 0 Å². The van der Waals surface area contributed by atoms with Gasteiger partial charge < -0.3 is 10.1 Å². The van der Waals surface area contributed by atoms with Crippen molar-refractivity contribution in [3.05, 3.63) is 68.2 Å². The number of halogens is 1. The summed E-state index contributed by atoms with van der Waals surface area (Å²) in [5, 5.41) is 14.0. The maximum Gasteiger partial charge on any atom is 0.270 e. The highest BCUT2D eigenvalue weighted by Gasteiger charge is 2.19. The number of nitrogens with one attached hydrogen (secondary N) is 1. The van der Waals surface area contributed by atoms with E-state index in [0.29, 0.717) is 6.42 Å². The number of benzene rings is 2. The van der Waals surface area contributed by atoms with E-state index < -0.39 is 10.8 Å². The Morgan fingerprint density at radius 2 is 2.04 bits per heavy atom. The average Bonchev–Trinajstić information content (AvgIpc) is 2.59. The molecule has 0 saturated carbocycles. The number of carbonyl (C=O) groups excluding carboxylic acids is 1. The summed E-state index contributed by atoms with van der Waals surface area (Å²) in [5.41, 5.74) is 1.79. The molecular formula is C18H19ClN2O4. The van der Waals surface area contributed by atoms with E-state index >= 15 is 0 Å². The van der Waals surface area contributed by atoms with E-state index in [9.17, 15) is 14.9 Å². The Morgan fingerprint density at radius 1 is 1.32 bits per heavy atom. The molecule has 0 spiro atoms. The molecule has 0 fully saturated rings. The molecule has 0 unspecified atom stereocenters. The molecule has 2 aromatic rings. The summed E-state index contributed by atoms with van der Waals surface area (Å²) in [7, 11) is 1.60. The summed E-state index contributed by atoms with van der Waals surface area (Å²) in [6.07, 6.45) is 0.657. The fourth-order valence-electron chi connectivity index (χ4n) is 2.58. The highest BCUT2D eigenvalue weighted by molar-refractivity contribution is 6.33. The van der Waals surface area contributed by atoms with Gasteiger partial charge in [-0.15, -0.1) is 0 Å². The van der Waals surface area contributed by atoms with Crippen molar-refractivity contribution in [3.8, 4) is 5.75 Å². The summed E-state index contributed by atoms with van der Waals surface area (Å²) in [5.74, 6) is 0.320. The van der Waals surface area contributed by atoms with Crippen LogP contribution in [0.25, 0.3) is 0 Å². The van der Waals surface area contributed by atoms with Gasteiger partial charge in [-0.25, -0.2) is 0 Å². The number of aryl methyl sites for hydroxylation is 1. The van der Waals surface area contributed by atoms with Crippen LogP contribution in [-0.2, 0) is 0 Å². The number of nitrogens with zero attached hydrogens (tertiary/aromatic N) is 1. The van der Waals surface area contributed by atoms with E-state index in [1.807, 2.05) is 32.0 Å². The quantitative estimate of drug-likeness (QED) is 0.608. The van der Waals surface area contributed by atoms with Crippen molar-refractivity contribution in [1.29, 1.82) is 0 Å². The summed E-state index contributed by atoms with van der Waals surface area (Å²) in [4.78, 5) is 22.9. The maximum atomic E-state index is 12.5. The number of methoxy groups -OCH3 is 1. The number of hydrogen-bond donors (Lipinski definition) is 1. The Balaban J connectivity index is 2.27. The zero-order valence-electron chi connectivity index (χ0n) is 14.2. The van der Waals surface area contributed by atoms with Crippen LogP contribution in [0, 0.1) is 17.0 Å². The molecule has 0 aliphatic carbocycles. The van der Waals surface area contributed by atoms with Crippen LogP contribution in [0.4, 0.5) is 5.69 Å². The number of amides is 1.